The lowest BCUT2D eigenvalue weighted by molar-refractivity contribution is -0.119. The Balaban J connectivity index is 1.25. The second-order valence-corrected chi connectivity index (χ2v) is 9.56. The van der Waals surface area contributed by atoms with Gasteiger partial charge in [0.2, 0.25) is 5.91 Å². The molecule has 7 rings (SSSR count). The molecular weight excluding hydrogens is 464 g/mol. The largest absolute Gasteiger partial charge is 0.472 e. The number of carbonyl (C=O) groups excluding carboxylic acids is 1. The van der Waals surface area contributed by atoms with Crippen LogP contribution in [-0.4, -0.2) is 31.1 Å². The first kappa shape index (κ1) is 21.6. The first-order chi connectivity index (χ1) is 18.2. The van der Waals surface area contributed by atoms with Crippen LogP contribution in [0.2, 0.25) is 0 Å². The quantitative estimate of drug-likeness (QED) is 0.254. The Morgan fingerprint density at radius 2 is 1.92 bits per heavy atom. The number of pyridine rings is 2. The average molecular weight is 489 g/mol. The van der Waals surface area contributed by atoms with Crippen molar-refractivity contribution in [2.24, 2.45) is 5.92 Å². The van der Waals surface area contributed by atoms with Gasteiger partial charge in [-0.05, 0) is 54.8 Å². The van der Waals surface area contributed by atoms with Crippen molar-refractivity contribution in [2.45, 2.75) is 25.7 Å². The summed E-state index contributed by atoms with van der Waals surface area (Å²) in [6, 6.07) is 16.0. The Morgan fingerprint density at radius 1 is 1.00 bits per heavy atom. The lowest BCUT2D eigenvalue weighted by Crippen LogP contribution is -2.20. The molecule has 182 valence electrons. The highest BCUT2D eigenvalue weighted by molar-refractivity contribution is 6.00. The summed E-state index contributed by atoms with van der Waals surface area (Å²) in [6.45, 7) is 0. The highest BCUT2D eigenvalue weighted by Crippen LogP contribution is 2.34. The third-order valence-corrected chi connectivity index (χ3v) is 7.19. The number of aromatic nitrogens is 5. The van der Waals surface area contributed by atoms with Crippen molar-refractivity contribution in [3.05, 3.63) is 73.5 Å². The SMILES string of the molecule is O=C(Nc1cncc(-c2ccc3[nH]nc(-c4cc5c(-c6ccoc6)cccc5[nH]4)c3n2)c1)C1CCCC1. The van der Waals surface area contributed by atoms with E-state index in [0.717, 1.165) is 81.4 Å². The summed E-state index contributed by atoms with van der Waals surface area (Å²) < 4.78 is 5.30. The molecule has 1 aliphatic rings. The number of furan rings is 1. The molecule has 0 bridgehead atoms. The maximum absolute atomic E-state index is 12.6. The number of hydrogen-bond acceptors (Lipinski definition) is 5. The van der Waals surface area contributed by atoms with Gasteiger partial charge < -0.3 is 14.7 Å². The van der Waals surface area contributed by atoms with Gasteiger partial charge in [0.05, 0.1) is 41.3 Å². The number of benzene rings is 1. The first-order valence-electron chi connectivity index (χ1n) is 12.5. The number of H-pyrrole nitrogens is 2. The molecular formula is C29H24N6O2. The summed E-state index contributed by atoms with van der Waals surface area (Å²) in [5.74, 6) is 0.169. The molecule has 1 fully saturated rings. The van der Waals surface area contributed by atoms with Crippen LogP contribution in [0, 0.1) is 5.92 Å². The molecule has 0 aliphatic heterocycles. The minimum atomic E-state index is 0.0746. The number of amides is 1. The zero-order valence-corrected chi connectivity index (χ0v) is 20.0. The van der Waals surface area contributed by atoms with Gasteiger partial charge >= 0.3 is 0 Å². The number of fused-ring (bicyclic) bond motifs is 2. The molecule has 0 radical (unpaired) electrons. The van der Waals surface area contributed by atoms with Gasteiger partial charge in [0, 0.05) is 34.1 Å². The van der Waals surface area contributed by atoms with Crippen LogP contribution in [0.4, 0.5) is 5.69 Å². The van der Waals surface area contributed by atoms with Gasteiger partial charge in [-0.2, -0.15) is 5.10 Å². The van der Waals surface area contributed by atoms with E-state index in [1.54, 1.807) is 24.9 Å². The van der Waals surface area contributed by atoms with Gasteiger partial charge in [-0.15, -0.1) is 0 Å². The normalized spacial score (nSPS) is 14.1. The lowest BCUT2D eigenvalue weighted by atomic mass is 10.0. The summed E-state index contributed by atoms with van der Waals surface area (Å²) in [5.41, 5.74) is 8.61. The van der Waals surface area contributed by atoms with E-state index in [1.807, 2.05) is 36.4 Å². The van der Waals surface area contributed by atoms with Crippen molar-refractivity contribution in [2.75, 3.05) is 5.32 Å². The highest BCUT2D eigenvalue weighted by atomic mass is 16.3. The zero-order chi connectivity index (χ0) is 24.8. The van der Waals surface area contributed by atoms with Crippen LogP contribution in [0.3, 0.4) is 0 Å². The molecule has 5 aromatic heterocycles. The van der Waals surface area contributed by atoms with Crippen molar-refractivity contribution in [1.82, 2.24) is 25.1 Å². The van der Waals surface area contributed by atoms with Gasteiger partial charge in [-0.3, -0.25) is 14.9 Å². The third-order valence-electron chi connectivity index (χ3n) is 7.19. The Kier molecular flexibility index (Phi) is 5.09. The summed E-state index contributed by atoms with van der Waals surface area (Å²) in [4.78, 5) is 25.4. The van der Waals surface area contributed by atoms with Crippen molar-refractivity contribution < 1.29 is 9.21 Å². The molecule has 5 heterocycles. The standard InChI is InChI=1S/C29H24N6O2/c36-29(17-4-1-2-5-17)31-20-12-19(14-30-15-20)23-8-9-25-27(33-23)28(35-34-25)26-13-22-21(18-10-11-37-16-18)6-3-7-24(22)32-26/h3,6-17,32H,1-2,4-5H2,(H,31,36)(H,34,35). The van der Waals surface area contributed by atoms with E-state index in [9.17, 15) is 4.79 Å². The smallest absolute Gasteiger partial charge is 0.227 e. The van der Waals surface area contributed by atoms with Crippen molar-refractivity contribution in [3.63, 3.8) is 0 Å². The van der Waals surface area contributed by atoms with Gasteiger partial charge in [-0.1, -0.05) is 25.0 Å². The van der Waals surface area contributed by atoms with E-state index in [-0.39, 0.29) is 11.8 Å². The lowest BCUT2D eigenvalue weighted by Gasteiger charge is -2.11. The molecule has 0 atom stereocenters. The van der Waals surface area contributed by atoms with E-state index in [0.29, 0.717) is 5.69 Å². The van der Waals surface area contributed by atoms with Crippen LogP contribution in [0.1, 0.15) is 25.7 Å². The van der Waals surface area contributed by atoms with E-state index in [1.165, 1.54) is 0 Å². The number of aromatic amines is 2. The van der Waals surface area contributed by atoms with Gasteiger partial charge in [0.15, 0.2) is 0 Å². The van der Waals surface area contributed by atoms with Crippen molar-refractivity contribution in [1.29, 1.82) is 0 Å². The van der Waals surface area contributed by atoms with E-state index in [2.05, 4.69) is 37.6 Å². The number of nitrogens with one attached hydrogen (secondary N) is 3. The van der Waals surface area contributed by atoms with E-state index >= 15 is 0 Å². The number of hydrogen-bond donors (Lipinski definition) is 3. The Labute approximate surface area is 212 Å². The fraction of sp³-hybridized carbons (Fsp3) is 0.172. The topological polar surface area (TPSA) is 112 Å². The fourth-order valence-electron chi connectivity index (χ4n) is 5.28. The van der Waals surface area contributed by atoms with Crippen LogP contribution >= 0.6 is 0 Å². The molecule has 1 saturated carbocycles. The molecule has 0 saturated heterocycles. The molecule has 0 spiro atoms. The Bertz CT molecular complexity index is 1740. The summed E-state index contributed by atoms with van der Waals surface area (Å²) >= 11 is 0. The van der Waals surface area contributed by atoms with Crippen molar-refractivity contribution in [3.8, 4) is 33.8 Å². The van der Waals surface area contributed by atoms with Crippen molar-refractivity contribution >= 4 is 33.5 Å². The molecule has 6 aromatic rings. The molecule has 37 heavy (non-hydrogen) atoms. The summed E-state index contributed by atoms with van der Waals surface area (Å²) in [5, 5.41) is 11.8. The van der Waals surface area contributed by atoms with Crippen LogP contribution in [0.25, 0.3) is 55.7 Å². The molecule has 8 heteroatoms. The second kappa shape index (κ2) is 8.74. The summed E-state index contributed by atoms with van der Waals surface area (Å²) in [6.07, 6.45) is 11.0. The minimum Gasteiger partial charge on any atom is -0.472 e. The molecule has 1 aromatic carbocycles. The maximum atomic E-state index is 12.6. The molecule has 3 N–H and O–H groups in total. The fourth-order valence-corrected chi connectivity index (χ4v) is 5.28. The molecule has 1 amide bonds. The predicted octanol–water partition coefficient (Wildman–Crippen LogP) is 6.56. The van der Waals surface area contributed by atoms with Gasteiger partial charge in [0.1, 0.15) is 11.2 Å². The number of rotatable bonds is 5. The van der Waals surface area contributed by atoms with Crippen LogP contribution in [0.5, 0.6) is 0 Å². The third kappa shape index (κ3) is 3.87. The van der Waals surface area contributed by atoms with Gasteiger partial charge in [0.25, 0.3) is 0 Å². The average Bonchev–Trinajstić information content (AvgIpc) is 3.74. The molecule has 8 nitrogen and oxygen atoms in total. The minimum absolute atomic E-state index is 0.0746. The second-order valence-electron chi connectivity index (χ2n) is 9.56. The van der Waals surface area contributed by atoms with Crippen LogP contribution in [-0.2, 0) is 4.79 Å². The number of nitrogens with zero attached hydrogens (tertiary/aromatic N) is 3. The molecule has 1 aliphatic carbocycles. The highest BCUT2D eigenvalue weighted by Gasteiger charge is 2.23. The van der Waals surface area contributed by atoms with Crippen LogP contribution in [0.15, 0.2) is 77.9 Å². The predicted molar refractivity (Wildman–Crippen MR) is 143 cm³/mol. The first-order valence-corrected chi connectivity index (χ1v) is 12.5. The summed E-state index contributed by atoms with van der Waals surface area (Å²) in [7, 11) is 0. The molecule has 0 unspecified atom stereocenters. The monoisotopic (exact) mass is 488 g/mol. The van der Waals surface area contributed by atoms with Crippen LogP contribution < -0.4 is 5.32 Å². The Hall–Kier alpha value is -4.72. The van der Waals surface area contributed by atoms with Gasteiger partial charge in [-0.25, -0.2) is 4.98 Å². The number of carbonyl (C=O) groups is 1. The van der Waals surface area contributed by atoms with E-state index in [4.69, 9.17) is 9.40 Å². The van der Waals surface area contributed by atoms with E-state index < -0.39 is 0 Å². The maximum Gasteiger partial charge on any atom is 0.227 e. The Morgan fingerprint density at radius 3 is 2.78 bits per heavy atom. The number of anilines is 1. The zero-order valence-electron chi connectivity index (χ0n) is 20.0.